The molecule has 0 heterocycles. The lowest BCUT2D eigenvalue weighted by Gasteiger charge is -2.08. The molecule has 4 nitrogen and oxygen atoms in total. The van der Waals surface area contributed by atoms with E-state index in [0.29, 0.717) is 5.56 Å². The third-order valence-corrected chi connectivity index (χ3v) is 2.31. The molecule has 0 saturated carbocycles. The molecule has 0 aliphatic rings. The van der Waals surface area contributed by atoms with E-state index < -0.39 is 11.9 Å². The van der Waals surface area contributed by atoms with Crippen LogP contribution in [0.25, 0.3) is 0 Å². The Morgan fingerprint density at radius 3 is 2.47 bits per heavy atom. The third-order valence-electron chi connectivity index (χ3n) is 1.82. The fraction of sp³-hybridized carbons (Fsp3) is 0.200. The zero-order chi connectivity index (χ0) is 11.6. The van der Waals surface area contributed by atoms with E-state index in [9.17, 15) is 9.59 Å². The van der Waals surface area contributed by atoms with Gasteiger partial charge in [-0.1, -0.05) is 11.6 Å². The van der Waals surface area contributed by atoms with Crippen molar-refractivity contribution in [3.05, 3.63) is 28.3 Å². The predicted molar refractivity (Wildman–Crippen MR) is 54.5 cm³/mol. The zero-order valence-corrected chi connectivity index (χ0v) is 8.96. The Labute approximate surface area is 91.4 Å². The van der Waals surface area contributed by atoms with Crippen LogP contribution in [0.3, 0.4) is 0 Å². The number of halogens is 1. The summed E-state index contributed by atoms with van der Waals surface area (Å²) >= 11 is 5.80. The second kappa shape index (κ2) is 4.31. The van der Waals surface area contributed by atoms with Crippen LogP contribution >= 0.6 is 11.6 Å². The average Bonchev–Trinajstić information content (AvgIpc) is 2.12. The van der Waals surface area contributed by atoms with Gasteiger partial charge in [0, 0.05) is 12.5 Å². The molecule has 0 amide bonds. The minimum Gasteiger partial charge on any atom is -0.478 e. The van der Waals surface area contributed by atoms with Gasteiger partial charge in [0.1, 0.15) is 5.75 Å². The van der Waals surface area contributed by atoms with Crippen LogP contribution in [-0.2, 0) is 4.79 Å². The molecule has 80 valence electrons. The van der Waals surface area contributed by atoms with E-state index in [0.717, 1.165) is 0 Å². The first-order chi connectivity index (χ1) is 6.93. The lowest BCUT2D eigenvalue weighted by molar-refractivity contribution is -0.131. The molecule has 0 atom stereocenters. The van der Waals surface area contributed by atoms with Gasteiger partial charge in [-0.05, 0) is 19.1 Å². The van der Waals surface area contributed by atoms with Gasteiger partial charge in [-0.15, -0.1) is 0 Å². The summed E-state index contributed by atoms with van der Waals surface area (Å²) in [5.74, 6) is -1.31. The molecule has 1 aromatic rings. The monoisotopic (exact) mass is 228 g/mol. The van der Waals surface area contributed by atoms with E-state index in [2.05, 4.69) is 0 Å². The van der Waals surface area contributed by atoms with Gasteiger partial charge in [0.05, 0.1) is 10.6 Å². The number of carboxylic acid groups (broad SMARTS) is 1. The van der Waals surface area contributed by atoms with Crippen molar-refractivity contribution in [2.45, 2.75) is 13.8 Å². The standard InChI is InChI=1S/C10H9ClO4/c1-5-8(15-6(2)12)4-3-7(9(5)11)10(13)14/h3-4H,1-2H3,(H,13,14). The summed E-state index contributed by atoms with van der Waals surface area (Å²) in [7, 11) is 0. The maximum Gasteiger partial charge on any atom is 0.337 e. The number of rotatable bonds is 2. The maximum absolute atomic E-state index is 10.7. The molecule has 0 aromatic heterocycles. The zero-order valence-electron chi connectivity index (χ0n) is 8.20. The van der Waals surface area contributed by atoms with Gasteiger partial charge in [0.15, 0.2) is 0 Å². The average molecular weight is 229 g/mol. The highest BCUT2D eigenvalue weighted by Gasteiger charge is 2.14. The molecular weight excluding hydrogens is 220 g/mol. The molecule has 0 unspecified atom stereocenters. The maximum atomic E-state index is 10.7. The predicted octanol–water partition coefficient (Wildman–Crippen LogP) is 2.27. The third kappa shape index (κ3) is 2.47. The van der Waals surface area contributed by atoms with Crippen LogP contribution in [0.5, 0.6) is 5.75 Å². The summed E-state index contributed by atoms with van der Waals surface area (Å²) in [4.78, 5) is 21.4. The van der Waals surface area contributed by atoms with Crippen molar-refractivity contribution in [1.29, 1.82) is 0 Å². The Kier molecular flexibility index (Phi) is 3.31. The molecular formula is C10H9ClO4. The summed E-state index contributed by atoms with van der Waals surface area (Å²) in [5, 5.41) is 8.86. The summed E-state index contributed by atoms with van der Waals surface area (Å²) in [6, 6.07) is 2.71. The van der Waals surface area contributed by atoms with E-state index in [4.69, 9.17) is 21.4 Å². The fourth-order valence-electron chi connectivity index (χ4n) is 1.10. The summed E-state index contributed by atoms with van der Waals surface area (Å²) in [6.45, 7) is 2.85. The van der Waals surface area contributed by atoms with Crippen molar-refractivity contribution in [3.63, 3.8) is 0 Å². The van der Waals surface area contributed by atoms with Crippen molar-refractivity contribution in [1.82, 2.24) is 0 Å². The van der Waals surface area contributed by atoms with Crippen molar-refractivity contribution in [2.75, 3.05) is 0 Å². The number of benzene rings is 1. The van der Waals surface area contributed by atoms with Gasteiger partial charge >= 0.3 is 11.9 Å². The normalized spacial score (nSPS) is 9.80. The van der Waals surface area contributed by atoms with E-state index in [1.165, 1.54) is 19.1 Å². The van der Waals surface area contributed by atoms with E-state index >= 15 is 0 Å². The quantitative estimate of drug-likeness (QED) is 0.623. The molecule has 15 heavy (non-hydrogen) atoms. The van der Waals surface area contributed by atoms with Crippen LogP contribution in [-0.4, -0.2) is 17.0 Å². The van der Waals surface area contributed by atoms with Gasteiger partial charge < -0.3 is 9.84 Å². The van der Waals surface area contributed by atoms with Gasteiger partial charge in [-0.3, -0.25) is 4.79 Å². The first kappa shape index (κ1) is 11.5. The van der Waals surface area contributed by atoms with Gasteiger partial charge in [0.25, 0.3) is 0 Å². The van der Waals surface area contributed by atoms with E-state index in [-0.39, 0.29) is 16.3 Å². The number of carbonyl (C=O) groups is 2. The van der Waals surface area contributed by atoms with Crippen LogP contribution in [0.2, 0.25) is 5.02 Å². The lowest BCUT2D eigenvalue weighted by Crippen LogP contribution is -2.05. The van der Waals surface area contributed by atoms with Gasteiger partial charge in [0.2, 0.25) is 0 Å². The van der Waals surface area contributed by atoms with Crippen LogP contribution in [0, 0.1) is 6.92 Å². The molecule has 0 radical (unpaired) electrons. The van der Waals surface area contributed by atoms with Crippen LogP contribution in [0.4, 0.5) is 0 Å². The highest BCUT2D eigenvalue weighted by atomic mass is 35.5. The largest absolute Gasteiger partial charge is 0.478 e. The number of carboxylic acids is 1. The van der Waals surface area contributed by atoms with E-state index in [1.807, 2.05) is 0 Å². The second-order valence-electron chi connectivity index (χ2n) is 2.95. The molecule has 1 rings (SSSR count). The SMILES string of the molecule is CC(=O)Oc1ccc(C(=O)O)c(Cl)c1C. The Balaban J connectivity index is 3.21. The Bertz CT molecular complexity index is 426. The molecule has 0 saturated heterocycles. The Morgan fingerprint density at radius 2 is 2.00 bits per heavy atom. The molecule has 0 fully saturated rings. The summed E-state index contributed by atoms with van der Waals surface area (Å²) in [5.41, 5.74) is 0.428. The molecule has 0 aliphatic heterocycles. The first-order valence-electron chi connectivity index (χ1n) is 4.14. The smallest absolute Gasteiger partial charge is 0.337 e. The molecule has 1 aromatic carbocycles. The number of hydrogen-bond acceptors (Lipinski definition) is 3. The number of aromatic carboxylic acids is 1. The van der Waals surface area contributed by atoms with Crippen molar-refractivity contribution in [3.8, 4) is 5.75 Å². The number of carbonyl (C=O) groups excluding carboxylic acids is 1. The van der Waals surface area contributed by atoms with Crippen LogP contribution in [0.15, 0.2) is 12.1 Å². The first-order valence-corrected chi connectivity index (χ1v) is 4.52. The molecule has 1 N–H and O–H groups in total. The van der Waals surface area contributed by atoms with Crippen molar-refractivity contribution in [2.24, 2.45) is 0 Å². The molecule has 5 heteroatoms. The summed E-state index contributed by atoms with van der Waals surface area (Å²) in [6.07, 6.45) is 0. The Morgan fingerprint density at radius 1 is 1.40 bits per heavy atom. The lowest BCUT2D eigenvalue weighted by atomic mass is 10.1. The van der Waals surface area contributed by atoms with Crippen LogP contribution in [0.1, 0.15) is 22.8 Å². The van der Waals surface area contributed by atoms with Gasteiger partial charge in [-0.2, -0.15) is 0 Å². The minimum absolute atomic E-state index is 0.00920. The number of ether oxygens (including phenoxy) is 1. The van der Waals surface area contributed by atoms with Gasteiger partial charge in [-0.25, -0.2) is 4.79 Å². The molecule has 0 bridgehead atoms. The number of esters is 1. The second-order valence-corrected chi connectivity index (χ2v) is 3.33. The number of hydrogen-bond donors (Lipinski definition) is 1. The van der Waals surface area contributed by atoms with Crippen molar-refractivity contribution < 1.29 is 19.4 Å². The molecule has 0 spiro atoms. The van der Waals surface area contributed by atoms with Crippen LogP contribution < -0.4 is 4.74 Å². The van der Waals surface area contributed by atoms with E-state index in [1.54, 1.807) is 6.92 Å². The minimum atomic E-state index is -1.11. The highest BCUT2D eigenvalue weighted by molar-refractivity contribution is 6.34. The topological polar surface area (TPSA) is 63.6 Å². The summed E-state index contributed by atoms with van der Waals surface area (Å²) < 4.78 is 4.84. The molecule has 0 aliphatic carbocycles. The Hall–Kier alpha value is -1.55. The highest BCUT2D eigenvalue weighted by Crippen LogP contribution is 2.29. The van der Waals surface area contributed by atoms with Crippen molar-refractivity contribution >= 4 is 23.5 Å². The fourth-order valence-corrected chi connectivity index (χ4v) is 1.33.